The molecule has 0 aromatic carbocycles. The molecule has 4 N–H and O–H groups in total. The summed E-state index contributed by atoms with van der Waals surface area (Å²) in [5.41, 5.74) is -0.258. The molecule has 17 heteroatoms. The lowest BCUT2D eigenvalue weighted by Crippen LogP contribution is -2.33. The third-order valence-corrected chi connectivity index (χ3v) is 7.70. The number of phosphoric acid groups is 2. The minimum atomic E-state index is -5.07. The Balaban J connectivity index is 1.65. The molecule has 5 heterocycles. The summed E-state index contributed by atoms with van der Waals surface area (Å²) in [6, 6.07) is 0. The van der Waals surface area contributed by atoms with E-state index < -0.39 is 52.4 Å². The van der Waals surface area contributed by atoms with Crippen LogP contribution in [0.25, 0.3) is 11.2 Å². The predicted octanol–water partition coefficient (Wildman–Crippen LogP) is -0.353. The molecule has 6 atom stereocenters. The van der Waals surface area contributed by atoms with E-state index in [1.807, 2.05) is 0 Å². The fourth-order valence-corrected chi connectivity index (χ4v) is 5.59. The summed E-state index contributed by atoms with van der Waals surface area (Å²) < 4.78 is 45.6. The molecular weight excluding hydrogens is 474 g/mol. The van der Waals surface area contributed by atoms with Gasteiger partial charge in [0.05, 0.1) is 19.5 Å². The number of fused-ring (bicyclic) bond motifs is 11. The van der Waals surface area contributed by atoms with E-state index in [0.29, 0.717) is 25.8 Å². The van der Waals surface area contributed by atoms with E-state index in [9.17, 15) is 33.9 Å². The van der Waals surface area contributed by atoms with E-state index in [2.05, 4.69) is 23.3 Å². The van der Waals surface area contributed by atoms with Gasteiger partial charge in [-0.2, -0.15) is 4.31 Å². The molecule has 0 spiro atoms. The lowest BCUT2D eigenvalue weighted by molar-refractivity contribution is -0.0504. The Labute approximate surface area is 180 Å². The van der Waals surface area contributed by atoms with E-state index >= 15 is 0 Å². The number of ether oxygens (including phenoxy) is 1. The highest BCUT2D eigenvalue weighted by Crippen LogP contribution is 2.60. The molecule has 178 valence electrons. The van der Waals surface area contributed by atoms with Crippen LogP contribution in [0.4, 0.5) is 0 Å². The molecule has 1 fully saturated rings. The van der Waals surface area contributed by atoms with Gasteiger partial charge in [0.15, 0.2) is 17.4 Å². The molecule has 3 aliphatic rings. The monoisotopic (exact) mass is 496 g/mol. The van der Waals surface area contributed by atoms with Crippen molar-refractivity contribution in [1.82, 2.24) is 19.1 Å². The zero-order valence-corrected chi connectivity index (χ0v) is 18.3. The molecule has 6 bridgehead atoms. The van der Waals surface area contributed by atoms with Crippen molar-refractivity contribution in [1.29, 1.82) is 0 Å². The van der Waals surface area contributed by atoms with Crippen molar-refractivity contribution in [3.8, 4) is 0 Å². The summed E-state index contributed by atoms with van der Waals surface area (Å²) in [7, 11) is -9.98. The van der Waals surface area contributed by atoms with Crippen LogP contribution >= 0.6 is 15.6 Å². The number of phosphoric ester groups is 2. The highest BCUT2D eigenvalue weighted by atomic mass is 31.3. The van der Waals surface area contributed by atoms with Crippen LogP contribution in [0.3, 0.4) is 0 Å². The lowest BCUT2D eigenvalue weighted by atomic mass is 10.1. The molecule has 0 saturated carbocycles. The smallest absolute Gasteiger partial charge is 0.387 e. The van der Waals surface area contributed by atoms with Gasteiger partial charge in [-0.3, -0.25) is 23.0 Å². The molecule has 32 heavy (non-hydrogen) atoms. The second-order valence-corrected chi connectivity index (χ2v) is 10.4. The van der Waals surface area contributed by atoms with Gasteiger partial charge in [0.1, 0.15) is 24.6 Å². The average Bonchev–Trinajstić information content (AvgIpc) is 3.25. The fourth-order valence-electron chi connectivity index (χ4n) is 3.47. The average molecular weight is 496 g/mol. The van der Waals surface area contributed by atoms with Crippen molar-refractivity contribution in [2.24, 2.45) is 0 Å². The first-order valence-corrected chi connectivity index (χ1v) is 12.7. The van der Waals surface area contributed by atoms with Crippen LogP contribution in [0.1, 0.15) is 25.5 Å². The van der Waals surface area contributed by atoms with Gasteiger partial charge in [-0.25, -0.2) is 19.1 Å². The number of hydrogen-bond acceptors (Lipinski definition) is 11. The molecule has 0 amide bonds. The molecule has 5 rings (SSSR count). The molecular formula is C15H22N4O11P2. The molecule has 2 unspecified atom stereocenters. The normalized spacial score (nSPS) is 37.4. The van der Waals surface area contributed by atoms with Crippen LogP contribution < -0.4 is 5.56 Å². The van der Waals surface area contributed by atoms with Crippen LogP contribution in [-0.2, 0) is 33.8 Å². The Kier molecular flexibility index (Phi) is 6.67. The Morgan fingerprint density at radius 3 is 2.53 bits per heavy atom. The van der Waals surface area contributed by atoms with E-state index in [1.165, 1.54) is 21.8 Å². The second kappa shape index (κ2) is 9.03. The summed E-state index contributed by atoms with van der Waals surface area (Å²) >= 11 is 0. The number of nitrogens with zero attached hydrogens (tertiary/aromatic N) is 4. The first kappa shape index (κ1) is 23.6. The first-order chi connectivity index (χ1) is 15.1. The topological polar surface area (TPSA) is 205 Å². The predicted molar refractivity (Wildman–Crippen MR) is 104 cm³/mol. The van der Waals surface area contributed by atoms with E-state index in [0.717, 1.165) is 0 Å². The van der Waals surface area contributed by atoms with E-state index in [4.69, 9.17) is 4.74 Å². The van der Waals surface area contributed by atoms with Gasteiger partial charge in [0.2, 0.25) is 0 Å². The van der Waals surface area contributed by atoms with Gasteiger partial charge in [-0.05, 0) is 19.3 Å². The maximum absolute atomic E-state index is 12.7. The minimum absolute atomic E-state index is 0.0354. The standard InChI is InChI=1S/C15H22N4O11P2/c20-11-9-6-28-32(25,26)30-31(23,24)27-5-3-1-2-4-18-7-17-13-10(14(18)22)16-8-19(13)15(29-9)12(11)21/h7-9,11-12,15,20-21H,1-6H2,(H,23,24)(H,25,26)/t9-,11-,12-,15-/m1/s1. The fraction of sp³-hybridized carbons (Fsp3) is 0.667. The van der Waals surface area contributed by atoms with Crippen LogP contribution in [0.5, 0.6) is 0 Å². The molecule has 3 aliphatic heterocycles. The van der Waals surface area contributed by atoms with Crippen molar-refractivity contribution in [3.63, 3.8) is 0 Å². The third kappa shape index (κ3) is 4.87. The van der Waals surface area contributed by atoms with Gasteiger partial charge in [-0.1, -0.05) is 0 Å². The van der Waals surface area contributed by atoms with E-state index in [-0.39, 0.29) is 17.8 Å². The molecule has 15 nitrogen and oxygen atoms in total. The third-order valence-electron chi connectivity index (χ3n) is 5.07. The molecule has 0 radical (unpaired) electrons. The number of rotatable bonds is 0. The molecule has 2 aromatic rings. The zero-order valence-electron chi connectivity index (χ0n) is 16.5. The van der Waals surface area contributed by atoms with Gasteiger partial charge in [0.25, 0.3) is 5.56 Å². The minimum Gasteiger partial charge on any atom is -0.387 e. The second-order valence-electron chi connectivity index (χ2n) is 7.32. The zero-order chi connectivity index (χ0) is 23.1. The molecule has 2 aromatic heterocycles. The van der Waals surface area contributed by atoms with Crippen LogP contribution in [0, 0.1) is 0 Å². The molecule has 1 saturated heterocycles. The number of aliphatic hydroxyl groups is 2. The van der Waals surface area contributed by atoms with Crippen LogP contribution in [0.15, 0.2) is 17.4 Å². The Morgan fingerprint density at radius 1 is 1.00 bits per heavy atom. The van der Waals surface area contributed by atoms with Crippen molar-refractivity contribution >= 4 is 26.8 Å². The quantitative estimate of drug-likeness (QED) is 0.345. The Hall–Kier alpha value is -1.51. The summed E-state index contributed by atoms with van der Waals surface area (Å²) in [6.45, 7) is -0.719. The number of aryl methyl sites for hydroxylation is 1. The van der Waals surface area contributed by atoms with Gasteiger partial charge >= 0.3 is 15.6 Å². The van der Waals surface area contributed by atoms with E-state index in [1.54, 1.807) is 0 Å². The lowest BCUT2D eigenvalue weighted by Gasteiger charge is -2.19. The van der Waals surface area contributed by atoms with Crippen molar-refractivity contribution in [3.05, 3.63) is 23.0 Å². The van der Waals surface area contributed by atoms with Crippen LogP contribution in [0.2, 0.25) is 0 Å². The highest BCUT2D eigenvalue weighted by molar-refractivity contribution is 7.61. The number of aliphatic hydroxyl groups excluding tert-OH is 2. The van der Waals surface area contributed by atoms with Crippen molar-refractivity contribution < 1.29 is 47.2 Å². The maximum Gasteiger partial charge on any atom is 0.481 e. The Bertz CT molecular complexity index is 1140. The van der Waals surface area contributed by atoms with Crippen molar-refractivity contribution in [2.75, 3.05) is 13.2 Å². The largest absolute Gasteiger partial charge is 0.481 e. The highest BCUT2D eigenvalue weighted by Gasteiger charge is 2.46. The SMILES string of the molecule is O=c1c2ncn3c2ncn1CCCCCOP(=O)(O)OP(=O)(O)OC[C@H]1O[C@@H]3[C@H](O)[C@@H]1O. The first-order valence-electron chi connectivity index (χ1n) is 9.67. The number of imidazole rings is 1. The summed E-state index contributed by atoms with van der Waals surface area (Å²) in [6.07, 6.45) is -1.78. The molecule has 0 aliphatic carbocycles. The van der Waals surface area contributed by atoms with Gasteiger partial charge in [-0.15, -0.1) is 0 Å². The maximum atomic E-state index is 12.7. The summed E-state index contributed by atoms with van der Waals surface area (Å²) in [4.78, 5) is 40.4. The van der Waals surface area contributed by atoms with Gasteiger partial charge in [0, 0.05) is 6.54 Å². The summed E-state index contributed by atoms with van der Waals surface area (Å²) in [5, 5.41) is 20.7. The van der Waals surface area contributed by atoms with Crippen molar-refractivity contribution in [2.45, 2.75) is 50.3 Å². The Morgan fingerprint density at radius 2 is 1.75 bits per heavy atom. The number of hydrogen-bond donors (Lipinski definition) is 4. The summed E-state index contributed by atoms with van der Waals surface area (Å²) in [5.74, 6) is 0. The van der Waals surface area contributed by atoms with Gasteiger partial charge < -0.3 is 24.7 Å². The van der Waals surface area contributed by atoms with Crippen LogP contribution in [-0.4, -0.2) is 70.6 Å². The number of aromatic nitrogens is 4.